The fourth-order valence-corrected chi connectivity index (χ4v) is 3.91. The molecule has 128 valence electrons. The number of benzene rings is 3. The Morgan fingerprint density at radius 2 is 1.69 bits per heavy atom. The summed E-state index contributed by atoms with van der Waals surface area (Å²) in [5.41, 5.74) is 6.52. The molecule has 3 aromatic carbocycles. The van der Waals surface area contributed by atoms with Gasteiger partial charge in [-0.05, 0) is 42.7 Å². The van der Waals surface area contributed by atoms with Crippen molar-refractivity contribution in [2.45, 2.75) is 39.1 Å². The van der Waals surface area contributed by atoms with Crippen LogP contribution in [0.5, 0.6) is 0 Å². The van der Waals surface area contributed by atoms with E-state index in [1.807, 2.05) is 0 Å². The molecule has 2 nitrogen and oxygen atoms in total. The van der Waals surface area contributed by atoms with Gasteiger partial charge in [-0.3, -0.25) is 0 Å². The predicted molar refractivity (Wildman–Crippen MR) is 109 cm³/mol. The molecule has 1 aliphatic rings. The van der Waals surface area contributed by atoms with E-state index < -0.39 is 5.60 Å². The van der Waals surface area contributed by atoms with Gasteiger partial charge in [0, 0.05) is 12.0 Å². The molecule has 0 saturated carbocycles. The summed E-state index contributed by atoms with van der Waals surface area (Å²) in [5, 5.41) is 6.86. The lowest BCUT2D eigenvalue weighted by atomic mass is 9.85. The van der Waals surface area contributed by atoms with Crippen molar-refractivity contribution in [1.29, 1.82) is 0 Å². The number of oxime groups is 1. The zero-order chi connectivity index (χ0) is 18.3. The Morgan fingerprint density at radius 1 is 1.00 bits per heavy atom. The standard InChI is InChI=1S/C23H22BNO/c1-15-10-16(2)12-18(11-15)23(3)13-22(25-26-23)21-9-8-17(14-24)19-6-4-5-7-20(19)21/h4-12H,13-14H2,1-3H3. The van der Waals surface area contributed by atoms with Crippen LogP contribution in [-0.2, 0) is 16.8 Å². The van der Waals surface area contributed by atoms with Gasteiger partial charge in [-0.15, -0.1) is 0 Å². The van der Waals surface area contributed by atoms with Crippen molar-refractivity contribution < 1.29 is 4.84 Å². The quantitative estimate of drug-likeness (QED) is 0.604. The second-order valence-corrected chi connectivity index (χ2v) is 7.44. The number of rotatable bonds is 3. The van der Waals surface area contributed by atoms with Crippen LogP contribution < -0.4 is 0 Å². The minimum absolute atomic E-state index is 0.431. The van der Waals surface area contributed by atoms with E-state index in [1.54, 1.807) is 0 Å². The van der Waals surface area contributed by atoms with E-state index in [4.69, 9.17) is 12.7 Å². The van der Waals surface area contributed by atoms with E-state index in [2.05, 4.69) is 80.5 Å². The van der Waals surface area contributed by atoms with Gasteiger partial charge in [-0.2, -0.15) is 0 Å². The van der Waals surface area contributed by atoms with Gasteiger partial charge < -0.3 is 4.84 Å². The van der Waals surface area contributed by atoms with Crippen molar-refractivity contribution in [2.75, 3.05) is 0 Å². The first kappa shape index (κ1) is 16.9. The fourth-order valence-electron chi connectivity index (χ4n) is 3.91. The number of nitrogens with zero attached hydrogens (tertiary/aromatic N) is 1. The number of hydrogen-bond donors (Lipinski definition) is 0. The minimum Gasteiger partial charge on any atom is -0.384 e. The first-order chi connectivity index (χ1) is 12.5. The number of fused-ring (bicyclic) bond motifs is 1. The molecule has 1 aliphatic heterocycles. The van der Waals surface area contributed by atoms with Gasteiger partial charge in [-0.25, -0.2) is 0 Å². The van der Waals surface area contributed by atoms with Crippen LogP contribution in [-0.4, -0.2) is 13.6 Å². The monoisotopic (exact) mass is 339 g/mol. The van der Waals surface area contributed by atoms with Crippen molar-refractivity contribution in [2.24, 2.45) is 5.16 Å². The van der Waals surface area contributed by atoms with E-state index in [0.717, 1.165) is 23.3 Å². The Kier molecular flexibility index (Phi) is 4.10. The molecule has 3 heteroatoms. The number of hydrogen-bond acceptors (Lipinski definition) is 2. The van der Waals surface area contributed by atoms with Crippen LogP contribution in [0.1, 0.15) is 41.2 Å². The summed E-state index contributed by atoms with van der Waals surface area (Å²) in [6.45, 7) is 6.36. The molecule has 0 bridgehead atoms. The zero-order valence-electron chi connectivity index (χ0n) is 15.5. The minimum atomic E-state index is -0.431. The van der Waals surface area contributed by atoms with Crippen LogP contribution in [0.3, 0.4) is 0 Å². The lowest BCUT2D eigenvalue weighted by Crippen LogP contribution is -2.22. The molecule has 0 spiro atoms. The van der Waals surface area contributed by atoms with Crippen LogP contribution in [0.4, 0.5) is 0 Å². The third-order valence-corrected chi connectivity index (χ3v) is 5.24. The SMILES string of the molecule is [B]Cc1ccc(C2=NOC(C)(c3cc(C)cc(C)c3)C2)c2ccccc12. The van der Waals surface area contributed by atoms with E-state index in [9.17, 15) is 0 Å². The van der Waals surface area contributed by atoms with E-state index in [0.29, 0.717) is 6.32 Å². The van der Waals surface area contributed by atoms with Gasteiger partial charge in [0.05, 0.1) is 13.6 Å². The summed E-state index contributed by atoms with van der Waals surface area (Å²) in [7, 11) is 5.91. The highest BCUT2D eigenvalue weighted by atomic mass is 16.7. The Balaban J connectivity index is 1.74. The molecule has 1 heterocycles. The lowest BCUT2D eigenvalue weighted by molar-refractivity contribution is -0.00746. The first-order valence-corrected chi connectivity index (χ1v) is 9.05. The molecule has 0 fully saturated rings. The Bertz CT molecular complexity index is 1000. The smallest absolute Gasteiger partial charge is 0.165 e. The lowest BCUT2D eigenvalue weighted by Gasteiger charge is -2.23. The second-order valence-electron chi connectivity index (χ2n) is 7.44. The van der Waals surface area contributed by atoms with Gasteiger partial charge in [0.1, 0.15) is 0 Å². The van der Waals surface area contributed by atoms with Crippen LogP contribution >= 0.6 is 0 Å². The molecule has 26 heavy (non-hydrogen) atoms. The van der Waals surface area contributed by atoms with Crippen molar-refractivity contribution >= 4 is 24.3 Å². The van der Waals surface area contributed by atoms with Crippen molar-refractivity contribution in [3.63, 3.8) is 0 Å². The molecule has 1 unspecified atom stereocenters. The molecule has 1 atom stereocenters. The summed E-state index contributed by atoms with van der Waals surface area (Å²) in [4.78, 5) is 5.97. The van der Waals surface area contributed by atoms with E-state index in [-0.39, 0.29) is 0 Å². The Labute approximate surface area is 156 Å². The number of aryl methyl sites for hydroxylation is 2. The highest BCUT2D eigenvalue weighted by molar-refractivity contribution is 6.14. The highest BCUT2D eigenvalue weighted by Crippen LogP contribution is 2.38. The van der Waals surface area contributed by atoms with Crippen molar-refractivity contribution in [3.05, 3.63) is 82.4 Å². The van der Waals surface area contributed by atoms with Crippen molar-refractivity contribution in [1.82, 2.24) is 0 Å². The summed E-state index contributed by atoms with van der Waals surface area (Å²) >= 11 is 0. The third kappa shape index (κ3) is 2.82. The molecule has 0 N–H and O–H groups in total. The molecular weight excluding hydrogens is 317 g/mol. The van der Waals surface area contributed by atoms with Gasteiger partial charge in [0.15, 0.2) is 5.60 Å². The highest BCUT2D eigenvalue weighted by Gasteiger charge is 2.37. The predicted octanol–water partition coefficient (Wildman–Crippen LogP) is 5.16. The normalized spacial score (nSPS) is 19.4. The van der Waals surface area contributed by atoms with Crippen LogP contribution in [0.25, 0.3) is 10.8 Å². The molecular formula is C23H22BNO. The Hall–Kier alpha value is -2.55. The van der Waals surface area contributed by atoms with Gasteiger partial charge in [0.25, 0.3) is 0 Å². The average molecular weight is 339 g/mol. The maximum absolute atomic E-state index is 5.97. The third-order valence-electron chi connectivity index (χ3n) is 5.24. The molecule has 3 aromatic rings. The topological polar surface area (TPSA) is 21.6 Å². The maximum atomic E-state index is 5.97. The Morgan fingerprint density at radius 3 is 2.38 bits per heavy atom. The van der Waals surface area contributed by atoms with Gasteiger partial charge >= 0.3 is 0 Å². The fraction of sp³-hybridized carbons (Fsp3) is 0.261. The van der Waals surface area contributed by atoms with Crippen molar-refractivity contribution in [3.8, 4) is 0 Å². The molecule has 0 aliphatic carbocycles. The molecule has 0 aromatic heterocycles. The molecule has 0 amide bonds. The second kappa shape index (κ2) is 6.32. The summed E-state index contributed by atoms with van der Waals surface area (Å²) in [6, 6.07) is 19.2. The largest absolute Gasteiger partial charge is 0.384 e. The van der Waals surface area contributed by atoms with E-state index >= 15 is 0 Å². The van der Waals surface area contributed by atoms with Crippen LogP contribution in [0.15, 0.2) is 59.8 Å². The van der Waals surface area contributed by atoms with Crippen LogP contribution in [0, 0.1) is 13.8 Å². The average Bonchev–Trinajstić information content (AvgIpc) is 3.03. The molecule has 4 rings (SSSR count). The molecule has 0 saturated heterocycles. The van der Waals surface area contributed by atoms with Gasteiger partial charge in [-0.1, -0.05) is 77.2 Å². The summed E-state index contributed by atoms with van der Waals surface area (Å²) in [5.74, 6) is 0. The maximum Gasteiger partial charge on any atom is 0.165 e. The van der Waals surface area contributed by atoms with E-state index in [1.165, 1.54) is 27.5 Å². The summed E-state index contributed by atoms with van der Waals surface area (Å²) in [6.07, 6.45) is 1.28. The molecule has 2 radical (unpaired) electrons. The first-order valence-electron chi connectivity index (χ1n) is 9.05. The summed E-state index contributed by atoms with van der Waals surface area (Å²) < 4.78 is 0. The zero-order valence-corrected chi connectivity index (χ0v) is 15.5. The van der Waals surface area contributed by atoms with Gasteiger partial charge in [0.2, 0.25) is 0 Å². The van der Waals surface area contributed by atoms with Crippen LogP contribution in [0.2, 0.25) is 0 Å².